The molecule has 0 heterocycles. The van der Waals surface area contributed by atoms with Gasteiger partial charge in [-0.2, -0.15) is 0 Å². The molecule has 4 nitrogen and oxygen atoms in total. The molecule has 2 rings (SSSR count). The molecule has 1 saturated carbocycles. The number of esters is 1. The van der Waals surface area contributed by atoms with Gasteiger partial charge in [0.1, 0.15) is 5.92 Å². The summed E-state index contributed by atoms with van der Waals surface area (Å²) in [5.41, 5.74) is 0.947. The molecule has 0 saturated heterocycles. The van der Waals surface area contributed by atoms with E-state index < -0.39 is 11.9 Å². The zero-order valence-electron chi connectivity index (χ0n) is 12.1. The van der Waals surface area contributed by atoms with Gasteiger partial charge in [-0.05, 0) is 36.5 Å². The molecule has 1 aliphatic carbocycles. The first-order chi connectivity index (χ1) is 10.1. The molecule has 21 heavy (non-hydrogen) atoms. The molecule has 0 spiro atoms. The van der Waals surface area contributed by atoms with Crippen molar-refractivity contribution in [2.45, 2.75) is 32.2 Å². The lowest BCUT2D eigenvalue weighted by Crippen LogP contribution is -2.39. The maximum absolute atomic E-state index is 12.3. The summed E-state index contributed by atoms with van der Waals surface area (Å²) in [5.74, 6) is -1.27. The van der Waals surface area contributed by atoms with Crippen molar-refractivity contribution in [2.75, 3.05) is 7.11 Å². The van der Waals surface area contributed by atoms with Crippen molar-refractivity contribution in [3.8, 4) is 0 Å². The highest BCUT2D eigenvalue weighted by molar-refractivity contribution is 6.30. The fraction of sp³-hybridized carbons (Fsp3) is 0.500. The fourth-order valence-electron chi connectivity index (χ4n) is 2.83. The first kappa shape index (κ1) is 15.8. The van der Waals surface area contributed by atoms with Crippen LogP contribution in [-0.4, -0.2) is 19.0 Å². The van der Waals surface area contributed by atoms with Crippen LogP contribution in [0.2, 0.25) is 5.02 Å². The molecule has 1 aromatic carbocycles. The van der Waals surface area contributed by atoms with E-state index in [0.717, 1.165) is 31.2 Å². The Morgan fingerprint density at radius 2 is 1.90 bits per heavy atom. The molecule has 1 N–H and O–H groups in total. The summed E-state index contributed by atoms with van der Waals surface area (Å²) in [6.07, 6.45) is 3.97. The molecular weight excluding hydrogens is 290 g/mol. The molecule has 1 aromatic rings. The Hall–Kier alpha value is -1.55. The number of benzene rings is 1. The van der Waals surface area contributed by atoms with Crippen LogP contribution in [0.1, 0.15) is 31.2 Å². The number of carbonyl (C=O) groups excluding carboxylic acids is 2. The first-order valence-corrected chi connectivity index (χ1v) is 7.59. The molecular formula is C16H20ClNO3. The topological polar surface area (TPSA) is 55.4 Å². The van der Waals surface area contributed by atoms with Gasteiger partial charge in [0.15, 0.2) is 0 Å². The normalized spacial score (nSPS) is 16.5. The average molecular weight is 310 g/mol. The summed E-state index contributed by atoms with van der Waals surface area (Å²) in [7, 11) is 1.33. The number of halogens is 1. The Morgan fingerprint density at radius 1 is 1.29 bits per heavy atom. The maximum Gasteiger partial charge on any atom is 0.318 e. The molecule has 114 valence electrons. The van der Waals surface area contributed by atoms with Gasteiger partial charge in [0.2, 0.25) is 5.91 Å². The Kier molecular flexibility index (Phi) is 5.62. The van der Waals surface area contributed by atoms with Gasteiger partial charge in [0, 0.05) is 11.6 Å². The predicted molar refractivity (Wildman–Crippen MR) is 80.8 cm³/mol. The third kappa shape index (κ3) is 4.21. The molecule has 0 aliphatic heterocycles. The number of hydrogen-bond donors (Lipinski definition) is 1. The minimum absolute atomic E-state index is 0.0997. The number of methoxy groups -OCH3 is 1. The zero-order chi connectivity index (χ0) is 15.2. The van der Waals surface area contributed by atoms with Gasteiger partial charge in [-0.25, -0.2) is 0 Å². The van der Waals surface area contributed by atoms with Gasteiger partial charge < -0.3 is 10.1 Å². The number of rotatable bonds is 5. The van der Waals surface area contributed by atoms with E-state index in [9.17, 15) is 9.59 Å². The van der Waals surface area contributed by atoms with E-state index in [1.807, 2.05) is 12.1 Å². The molecule has 1 aliphatic rings. The minimum Gasteiger partial charge on any atom is -0.468 e. The second kappa shape index (κ2) is 7.46. The van der Waals surface area contributed by atoms with Crippen molar-refractivity contribution in [1.29, 1.82) is 0 Å². The zero-order valence-corrected chi connectivity index (χ0v) is 12.9. The van der Waals surface area contributed by atoms with Gasteiger partial charge in [0.05, 0.1) is 7.11 Å². The van der Waals surface area contributed by atoms with E-state index in [4.69, 9.17) is 16.3 Å². The van der Waals surface area contributed by atoms with E-state index >= 15 is 0 Å². The second-order valence-electron chi connectivity index (χ2n) is 5.39. The SMILES string of the molecule is COC(=O)C(C(=O)NCc1ccc(Cl)cc1)C1CCCC1. The molecule has 1 atom stereocenters. The lowest BCUT2D eigenvalue weighted by molar-refractivity contribution is -0.152. The lowest BCUT2D eigenvalue weighted by Gasteiger charge is -2.20. The lowest BCUT2D eigenvalue weighted by atomic mass is 9.90. The largest absolute Gasteiger partial charge is 0.468 e. The van der Waals surface area contributed by atoms with Crippen LogP contribution in [0.4, 0.5) is 0 Å². The van der Waals surface area contributed by atoms with E-state index in [2.05, 4.69) is 5.32 Å². The maximum atomic E-state index is 12.3. The standard InChI is InChI=1S/C16H20ClNO3/c1-21-16(20)14(12-4-2-3-5-12)15(19)18-10-11-6-8-13(17)9-7-11/h6-9,12,14H,2-5,10H2,1H3,(H,18,19). The Bertz CT molecular complexity index is 495. The molecule has 1 amide bonds. The van der Waals surface area contributed by atoms with Gasteiger partial charge in [-0.15, -0.1) is 0 Å². The molecule has 1 unspecified atom stereocenters. The molecule has 0 radical (unpaired) electrons. The van der Waals surface area contributed by atoms with E-state index in [0.29, 0.717) is 11.6 Å². The number of nitrogens with one attached hydrogen (secondary N) is 1. The summed E-state index contributed by atoms with van der Waals surface area (Å²) in [6, 6.07) is 7.26. The molecule has 0 aromatic heterocycles. The van der Waals surface area contributed by atoms with Crippen LogP contribution in [0.25, 0.3) is 0 Å². The van der Waals surface area contributed by atoms with E-state index in [1.54, 1.807) is 12.1 Å². The Morgan fingerprint density at radius 3 is 2.48 bits per heavy atom. The first-order valence-electron chi connectivity index (χ1n) is 7.22. The van der Waals surface area contributed by atoms with Crippen molar-refractivity contribution < 1.29 is 14.3 Å². The van der Waals surface area contributed by atoms with Crippen molar-refractivity contribution in [1.82, 2.24) is 5.32 Å². The van der Waals surface area contributed by atoms with Crippen LogP contribution in [0.15, 0.2) is 24.3 Å². The van der Waals surface area contributed by atoms with Crippen molar-refractivity contribution in [3.05, 3.63) is 34.9 Å². The number of ether oxygens (including phenoxy) is 1. The highest BCUT2D eigenvalue weighted by atomic mass is 35.5. The second-order valence-corrected chi connectivity index (χ2v) is 5.83. The van der Waals surface area contributed by atoms with Crippen molar-refractivity contribution in [2.24, 2.45) is 11.8 Å². The Labute approximate surface area is 129 Å². The van der Waals surface area contributed by atoms with Gasteiger partial charge >= 0.3 is 5.97 Å². The summed E-state index contributed by atoms with van der Waals surface area (Å²) < 4.78 is 4.80. The van der Waals surface area contributed by atoms with E-state index in [1.165, 1.54) is 7.11 Å². The molecule has 5 heteroatoms. The van der Waals surface area contributed by atoms with Crippen molar-refractivity contribution in [3.63, 3.8) is 0 Å². The summed E-state index contributed by atoms with van der Waals surface area (Å²) in [6.45, 7) is 0.385. The monoisotopic (exact) mass is 309 g/mol. The fourth-order valence-corrected chi connectivity index (χ4v) is 2.96. The van der Waals surface area contributed by atoms with Crippen LogP contribution in [0.5, 0.6) is 0 Å². The highest BCUT2D eigenvalue weighted by Gasteiger charge is 2.37. The third-order valence-corrected chi connectivity index (χ3v) is 4.24. The summed E-state index contributed by atoms with van der Waals surface area (Å²) in [4.78, 5) is 24.2. The van der Waals surface area contributed by atoms with Gasteiger partial charge in [-0.3, -0.25) is 9.59 Å². The van der Waals surface area contributed by atoms with Crippen LogP contribution in [-0.2, 0) is 20.9 Å². The van der Waals surface area contributed by atoms with Crippen molar-refractivity contribution >= 4 is 23.5 Å². The molecule has 1 fully saturated rings. The van der Waals surface area contributed by atoms with Crippen LogP contribution >= 0.6 is 11.6 Å². The quantitative estimate of drug-likeness (QED) is 0.672. The number of hydrogen-bond acceptors (Lipinski definition) is 3. The van der Waals surface area contributed by atoms with Crippen LogP contribution < -0.4 is 5.32 Å². The number of carbonyl (C=O) groups is 2. The van der Waals surface area contributed by atoms with Crippen LogP contribution in [0.3, 0.4) is 0 Å². The summed E-state index contributed by atoms with van der Waals surface area (Å²) >= 11 is 5.82. The van der Waals surface area contributed by atoms with Gasteiger partial charge in [-0.1, -0.05) is 36.6 Å². The smallest absolute Gasteiger partial charge is 0.318 e. The summed E-state index contributed by atoms with van der Waals surface area (Å²) in [5, 5.41) is 3.48. The Balaban J connectivity index is 1.97. The third-order valence-electron chi connectivity index (χ3n) is 3.99. The average Bonchev–Trinajstić information content (AvgIpc) is 3.00. The van der Waals surface area contributed by atoms with Gasteiger partial charge in [0.25, 0.3) is 0 Å². The molecule has 0 bridgehead atoms. The van der Waals surface area contributed by atoms with E-state index in [-0.39, 0.29) is 11.8 Å². The van der Waals surface area contributed by atoms with Crippen LogP contribution in [0, 0.1) is 11.8 Å². The predicted octanol–water partition coefficient (Wildman–Crippen LogP) is 2.94. The highest BCUT2D eigenvalue weighted by Crippen LogP contribution is 2.32. The minimum atomic E-state index is -0.690. The number of amides is 1.